The molecule has 2 aromatic rings. The molecule has 1 aliphatic heterocycles. The number of hydrogen-bond donors (Lipinski definition) is 0. The predicted octanol–water partition coefficient (Wildman–Crippen LogP) is 2.39. The van der Waals surface area contributed by atoms with Gasteiger partial charge in [0.1, 0.15) is 17.4 Å². The number of fused-ring (bicyclic) bond motifs is 1. The maximum absolute atomic E-state index is 12.2. The molecule has 3 rings (SSSR count). The monoisotopic (exact) mass is 316 g/mol. The van der Waals surface area contributed by atoms with E-state index in [4.69, 9.17) is 18.9 Å². The molecule has 1 atom stereocenters. The molecule has 0 saturated heterocycles. The van der Waals surface area contributed by atoms with E-state index in [9.17, 15) is 4.79 Å². The van der Waals surface area contributed by atoms with Crippen molar-refractivity contribution in [2.75, 3.05) is 14.2 Å². The first kappa shape index (κ1) is 15.1. The molecule has 1 unspecified atom stereocenters. The van der Waals surface area contributed by atoms with Crippen LogP contribution in [0.1, 0.15) is 22.8 Å². The molecule has 0 spiro atoms. The summed E-state index contributed by atoms with van der Waals surface area (Å²) in [5, 5.41) is 0. The van der Waals surface area contributed by atoms with Crippen molar-refractivity contribution in [3.05, 3.63) is 35.4 Å². The third kappa shape index (κ3) is 3.03. The second kappa shape index (κ2) is 6.12. The Hall–Kier alpha value is -2.83. The van der Waals surface area contributed by atoms with Crippen LogP contribution in [0.3, 0.4) is 0 Å². The van der Waals surface area contributed by atoms with Gasteiger partial charge in [0.05, 0.1) is 20.3 Å². The molecule has 0 amide bonds. The Morgan fingerprint density at radius 1 is 1.17 bits per heavy atom. The number of carbonyl (C=O) groups excluding carboxylic acids is 1. The minimum Gasteiger partial charge on any atom is -0.481 e. The number of esters is 1. The molecule has 2 heterocycles. The molecule has 1 aromatic heterocycles. The maximum atomic E-state index is 12.2. The summed E-state index contributed by atoms with van der Waals surface area (Å²) >= 11 is 0. The molecule has 23 heavy (non-hydrogen) atoms. The van der Waals surface area contributed by atoms with Crippen LogP contribution in [0.4, 0.5) is 0 Å². The SMILES string of the molecule is COc1cc(OC)nc(Oc2cccc3c2C(=O)OC(C)C3)n1. The number of rotatable bonds is 4. The molecule has 0 saturated carbocycles. The van der Waals surface area contributed by atoms with Gasteiger partial charge in [0, 0.05) is 6.42 Å². The number of carbonyl (C=O) groups is 1. The number of cyclic esters (lactones) is 1. The highest BCUT2D eigenvalue weighted by Gasteiger charge is 2.27. The molecular weight excluding hydrogens is 300 g/mol. The molecule has 120 valence electrons. The van der Waals surface area contributed by atoms with Crippen LogP contribution in [0.2, 0.25) is 0 Å². The Morgan fingerprint density at radius 2 is 1.87 bits per heavy atom. The van der Waals surface area contributed by atoms with E-state index in [1.165, 1.54) is 20.3 Å². The first-order valence-electron chi connectivity index (χ1n) is 7.08. The van der Waals surface area contributed by atoms with Gasteiger partial charge in [-0.15, -0.1) is 0 Å². The van der Waals surface area contributed by atoms with E-state index >= 15 is 0 Å². The zero-order valence-corrected chi connectivity index (χ0v) is 13.0. The summed E-state index contributed by atoms with van der Waals surface area (Å²) in [5.41, 5.74) is 1.28. The lowest BCUT2D eigenvalue weighted by molar-refractivity contribution is 0.0297. The molecule has 0 bridgehead atoms. The van der Waals surface area contributed by atoms with Gasteiger partial charge in [-0.05, 0) is 18.6 Å². The van der Waals surface area contributed by atoms with Gasteiger partial charge in [-0.3, -0.25) is 0 Å². The second-order valence-corrected chi connectivity index (χ2v) is 5.05. The fraction of sp³-hybridized carbons (Fsp3) is 0.312. The van der Waals surface area contributed by atoms with E-state index in [0.29, 0.717) is 29.5 Å². The Bertz CT molecular complexity index is 725. The first-order valence-corrected chi connectivity index (χ1v) is 7.08. The maximum Gasteiger partial charge on any atom is 0.342 e. The average Bonchev–Trinajstić information content (AvgIpc) is 2.54. The Kier molecular flexibility index (Phi) is 4.01. The van der Waals surface area contributed by atoms with Gasteiger partial charge in [0.15, 0.2) is 0 Å². The number of methoxy groups -OCH3 is 2. The second-order valence-electron chi connectivity index (χ2n) is 5.05. The summed E-state index contributed by atoms with van der Waals surface area (Å²) in [4.78, 5) is 20.4. The van der Waals surface area contributed by atoms with Crippen molar-refractivity contribution in [3.63, 3.8) is 0 Å². The third-order valence-corrected chi connectivity index (χ3v) is 3.41. The lowest BCUT2D eigenvalue weighted by Crippen LogP contribution is -2.25. The van der Waals surface area contributed by atoms with Gasteiger partial charge in [-0.1, -0.05) is 12.1 Å². The molecule has 0 fully saturated rings. The Balaban J connectivity index is 1.98. The van der Waals surface area contributed by atoms with Crippen molar-refractivity contribution in [3.8, 4) is 23.5 Å². The molecule has 7 heteroatoms. The van der Waals surface area contributed by atoms with Crippen LogP contribution in [-0.2, 0) is 11.2 Å². The minimum absolute atomic E-state index is 0.0287. The molecule has 7 nitrogen and oxygen atoms in total. The van der Waals surface area contributed by atoms with Gasteiger partial charge in [0.25, 0.3) is 0 Å². The van der Waals surface area contributed by atoms with Crippen molar-refractivity contribution in [2.24, 2.45) is 0 Å². The fourth-order valence-electron chi connectivity index (χ4n) is 2.39. The fourth-order valence-corrected chi connectivity index (χ4v) is 2.39. The molecule has 1 aromatic carbocycles. The highest BCUT2D eigenvalue weighted by atomic mass is 16.5. The summed E-state index contributed by atoms with van der Waals surface area (Å²) in [6.07, 6.45) is 0.485. The number of aromatic nitrogens is 2. The number of hydrogen-bond acceptors (Lipinski definition) is 7. The zero-order valence-electron chi connectivity index (χ0n) is 13.0. The van der Waals surface area contributed by atoms with Gasteiger partial charge >= 0.3 is 12.0 Å². The van der Waals surface area contributed by atoms with Gasteiger partial charge in [0.2, 0.25) is 11.8 Å². The van der Waals surface area contributed by atoms with E-state index < -0.39 is 5.97 Å². The third-order valence-electron chi connectivity index (χ3n) is 3.41. The van der Waals surface area contributed by atoms with Crippen molar-refractivity contribution < 1.29 is 23.7 Å². The zero-order chi connectivity index (χ0) is 16.4. The van der Waals surface area contributed by atoms with Crippen molar-refractivity contribution in [1.82, 2.24) is 9.97 Å². The Morgan fingerprint density at radius 3 is 2.52 bits per heavy atom. The largest absolute Gasteiger partial charge is 0.481 e. The minimum atomic E-state index is -0.413. The summed E-state index contributed by atoms with van der Waals surface area (Å²) < 4.78 is 21.1. The Labute approximate surface area is 133 Å². The van der Waals surface area contributed by atoms with E-state index in [1.807, 2.05) is 19.1 Å². The summed E-state index contributed by atoms with van der Waals surface area (Å²) in [6, 6.07) is 6.93. The number of nitrogens with zero attached hydrogens (tertiary/aromatic N) is 2. The predicted molar refractivity (Wildman–Crippen MR) is 80.2 cm³/mol. The van der Waals surface area contributed by atoms with Gasteiger partial charge in [-0.25, -0.2) is 4.79 Å². The molecular formula is C16H16N2O5. The highest BCUT2D eigenvalue weighted by molar-refractivity contribution is 5.95. The topological polar surface area (TPSA) is 79.8 Å². The summed E-state index contributed by atoms with van der Waals surface area (Å²) in [7, 11) is 2.96. The molecule has 1 aliphatic rings. The van der Waals surface area contributed by atoms with Gasteiger partial charge < -0.3 is 18.9 Å². The normalized spacial score (nSPS) is 16.3. The van der Waals surface area contributed by atoms with Crippen LogP contribution >= 0.6 is 0 Å². The van der Waals surface area contributed by atoms with E-state index in [1.54, 1.807) is 6.07 Å². The standard InChI is InChI=1S/C16H16N2O5/c1-9-7-10-5-4-6-11(14(10)15(19)22-9)23-16-17-12(20-2)8-13(18-16)21-3/h4-6,8-9H,7H2,1-3H3. The van der Waals surface area contributed by atoms with Crippen LogP contribution in [0, 0.1) is 0 Å². The van der Waals surface area contributed by atoms with E-state index in [-0.39, 0.29) is 12.1 Å². The number of ether oxygens (including phenoxy) is 4. The highest BCUT2D eigenvalue weighted by Crippen LogP contribution is 2.32. The lowest BCUT2D eigenvalue weighted by atomic mass is 9.98. The van der Waals surface area contributed by atoms with Crippen LogP contribution < -0.4 is 14.2 Å². The lowest BCUT2D eigenvalue weighted by Gasteiger charge is -2.23. The van der Waals surface area contributed by atoms with E-state index in [2.05, 4.69) is 9.97 Å². The molecule has 0 aliphatic carbocycles. The van der Waals surface area contributed by atoms with Crippen LogP contribution in [0.15, 0.2) is 24.3 Å². The van der Waals surface area contributed by atoms with Crippen LogP contribution in [0.5, 0.6) is 23.5 Å². The van der Waals surface area contributed by atoms with Crippen LogP contribution in [0.25, 0.3) is 0 Å². The molecule has 0 N–H and O–H groups in total. The van der Waals surface area contributed by atoms with Crippen molar-refractivity contribution >= 4 is 5.97 Å². The quantitative estimate of drug-likeness (QED) is 0.801. The number of benzene rings is 1. The first-order chi connectivity index (χ1) is 11.1. The van der Waals surface area contributed by atoms with Gasteiger partial charge in [-0.2, -0.15) is 9.97 Å². The summed E-state index contributed by atoms with van der Waals surface area (Å²) in [5.74, 6) is 0.527. The smallest absolute Gasteiger partial charge is 0.342 e. The van der Waals surface area contributed by atoms with Crippen LogP contribution in [-0.4, -0.2) is 36.3 Å². The summed E-state index contributed by atoms with van der Waals surface area (Å²) in [6.45, 7) is 1.85. The van der Waals surface area contributed by atoms with Crippen molar-refractivity contribution in [2.45, 2.75) is 19.4 Å². The van der Waals surface area contributed by atoms with E-state index in [0.717, 1.165) is 5.56 Å². The molecule has 0 radical (unpaired) electrons. The van der Waals surface area contributed by atoms with Crippen molar-refractivity contribution in [1.29, 1.82) is 0 Å². The average molecular weight is 316 g/mol.